The lowest BCUT2D eigenvalue weighted by Gasteiger charge is -2.29. The Balaban J connectivity index is 0.000000261. The minimum absolute atomic E-state index is 0. The third-order valence-electron chi connectivity index (χ3n) is 8.27. The molecule has 12 N–H and O–H groups in total. The number of anilines is 6. The van der Waals surface area contributed by atoms with E-state index in [4.69, 9.17) is 35.9 Å². The third-order valence-corrected chi connectivity index (χ3v) is 10.5. The lowest BCUT2D eigenvalue weighted by atomic mass is 9.91. The smallest absolute Gasteiger partial charge is 0.254 e. The van der Waals surface area contributed by atoms with E-state index in [1.807, 2.05) is 13.0 Å². The summed E-state index contributed by atoms with van der Waals surface area (Å²) < 4.78 is 23.9. The summed E-state index contributed by atoms with van der Waals surface area (Å²) in [5, 5.41) is 14.5. The number of hydrogen-bond donors (Lipinski definition) is 8. The average molecular weight is 780 g/mol. The number of amides is 2. The first-order valence-electron chi connectivity index (χ1n) is 16.9. The van der Waals surface area contributed by atoms with Gasteiger partial charge in [-0.2, -0.15) is 18.7 Å². The lowest BCUT2D eigenvalue weighted by Crippen LogP contribution is -2.43. The van der Waals surface area contributed by atoms with E-state index in [9.17, 15) is 14.0 Å². The Morgan fingerprint density at radius 2 is 1.33 bits per heavy atom. The molecule has 4 heterocycles. The number of rotatable bonds is 10. The van der Waals surface area contributed by atoms with Gasteiger partial charge in [-0.3, -0.25) is 14.0 Å². The summed E-state index contributed by atoms with van der Waals surface area (Å²) >= 11 is 8.68. The van der Waals surface area contributed by atoms with Crippen LogP contribution in [0.3, 0.4) is 0 Å². The first kappa shape index (κ1) is 40.5. The van der Waals surface area contributed by atoms with Crippen LogP contribution in [-0.2, 0) is 0 Å². The zero-order valence-electron chi connectivity index (χ0n) is 29.3. The van der Waals surface area contributed by atoms with Gasteiger partial charge >= 0.3 is 0 Å². The highest BCUT2D eigenvalue weighted by Crippen LogP contribution is 2.33. The number of aryl methyl sites for hydroxylation is 2. The van der Waals surface area contributed by atoms with Crippen molar-refractivity contribution in [2.45, 2.75) is 96.8 Å². The van der Waals surface area contributed by atoms with E-state index in [1.165, 1.54) is 35.5 Å². The van der Waals surface area contributed by atoms with Crippen LogP contribution in [0.5, 0.6) is 0 Å². The number of nitrogens with two attached hydrogens (primary N) is 4. The highest BCUT2D eigenvalue weighted by molar-refractivity contribution is 7.11. The van der Waals surface area contributed by atoms with Crippen molar-refractivity contribution in [2.75, 3.05) is 28.4 Å². The summed E-state index contributed by atoms with van der Waals surface area (Å²) in [6, 6.07) is 2.26. The van der Waals surface area contributed by atoms with Crippen molar-refractivity contribution in [3.05, 3.63) is 46.0 Å². The number of halogens is 2. The maximum absolute atomic E-state index is 11.7. The van der Waals surface area contributed by atoms with Crippen molar-refractivity contribution >= 4 is 80.0 Å². The van der Waals surface area contributed by atoms with Crippen LogP contribution in [0.25, 0.3) is 0 Å². The monoisotopic (exact) mass is 779 g/mol. The van der Waals surface area contributed by atoms with Gasteiger partial charge in [-0.25, -0.2) is 9.97 Å². The van der Waals surface area contributed by atoms with Gasteiger partial charge in [-0.15, -0.1) is 0 Å². The SMILES string of the molecule is C.Cc1cc(Nc2nc(N[C@@H]3CCCC[C@@H]3N)ncc2C(N)=O)sn1.Cc1nsc(Nc2nc(N[C@@H]3CCCC[C@@H]3N)ncc2C(N)=O)c1Cl.[2H]CF. The number of nitrogens with zero attached hydrogens (tertiary/aromatic N) is 6. The second kappa shape index (κ2) is 20.1. The summed E-state index contributed by atoms with van der Waals surface area (Å²) in [6.45, 7) is 3.70. The van der Waals surface area contributed by atoms with Crippen LogP contribution in [0.2, 0.25) is 5.02 Å². The van der Waals surface area contributed by atoms with E-state index in [0.29, 0.717) is 39.3 Å². The van der Waals surface area contributed by atoms with Crippen LogP contribution < -0.4 is 44.2 Å². The molecule has 0 radical (unpaired) electrons. The zero-order chi connectivity index (χ0) is 37.8. The third kappa shape index (κ3) is 11.3. The van der Waals surface area contributed by atoms with Crippen LogP contribution in [0.1, 0.15) is 92.3 Å². The Bertz CT molecular complexity index is 1800. The first-order valence-corrected chi connectivity index (χ1v) is 18.1. The molecule has 0 aromatic carbocycles. The molecule has 0 unspecified atom stereocenters. The largest absolute Gasteiger partial charge is 0.365 e. The second-order valence-electron chi connectivity index (χ2n) is 12.0. The molecular formula is C32H48ClFN14O2S2. The van der Waals surface area contributed by atoms with E-state index in [0.717, 1.165) is 62.1 Å². The summed E-state index contributed by atoms with van der Waals surface area (Å²) in [5.41, 5.74) is 25.2. The average Bonchev–Trinajstić information content (AvgIpc) is 3.66. The minimum Gasteiger partial charge on any atom is -0.365 e. The Labute approximate surface area is 317 Å². The van der Waals surface area contributed by atoms with Gasteiger partial charge in [0, 0.05) is 36.6 Å². The van der Waals surface area contributed by atoms with Crippen molar-refractivity contribution in [3.8, 4) is 0 Å². The van der Waals surface area contributed by atoms with Gasteiger partial charge in [0.05, 0.1) is 24.9 Å². The fourth-order valence-corrected chi connectivity index (χ4v) is 7.14. The van der Waals surface area contributed by atoms with Gasteiger partial charge in [0.25, 0.3) is 11.8 Å². The maximum atomic E-state index is 11.7. The van der Waals surface area contributed by atoms with Crippen LogP contribution in [0, 0.1) is 13.8 Å². The highest BCUT2D eigenvalue weighted by Gasteiger charge is 2.25. The van der Waals surface area contributed by atoms with Gasteiger partial charge < -0.3 is 44.2 Å². The molecular weight excluding hydrogens is 731 g/mol. The summed E-state index contributed by atoms with van der Waals surface area (Å²) in [7, 11) is -1.00. The van der Waals surface area contributed by atoms with E-state index < -0.39 is 19.0 Å². The highest BCUT2D eigenvalue weighted by atomic mass is 35.5. The number of nitrogens with one attached hydrogen (secondary N) is 4. The molecule has 284 valence electrons. The van der Waals surface area contributed by atoms with Crippen molar-refractivity contribution in [1.29, 1.82) is 0 Å². The number of hydrogen-bond acceptors (Lipinski definition) is 16. The lowest BCUT2D eigenvalue weighted by molar-refractivity contribution is 0.0992. The molecule has 4 aromatic rings. The number of aromatic nitrogens is 6. The maximum Gasteiger partial charge on any atom is 0.254 e. The molecule has 0 aliphatic heterocycles. The predicted molar refractivity (Wildman–Crippen MR) is 208 cm³/mol. The number of carbonyl (C=O) groups is 2. The van der Waals surface area contributed by atoms with Crippen molar-refractivity contribution < 1.29 is 15.4 Å². The van der Waals surface area contributed by atoms with E-state index in [2.05, 4.69) is 50.0 Å². The molecule has 2 fully saturated rings. The standard InChI is InChI=1S/C15H20ClN7OS.C15H21N7OS.CH3F.CH4/c1-7-11(16)14(25-23-7)21-13-8(12(18)24)6-19-15(22-13)20-10-5-3-2-4-9(10)17;1-8-6-12(24-22-8)20-14-9(13(17)23)7-18-15(21-14)19-11-5-3-2-4-10(11)16;1-2;/h6,9-10H,2-5,17H2,1H3,(H2,18,24)(H2,19,20,21,22);6-7,10-11H,2-5,16H2,1H3,(H2,17,23)(H2,18,19,20,21);1H3;1H4/t9-,10+;10-,11+;;/m00../s1/i;;1D;. The fourth-order valence-electron chi connectivity index (χ4n) is 5.55. The molecule has 2 aliphatic carbocycles. The van der Waals surface area contributed by atoms with Gasteiger partial charge in [0.2, 0.25) is 11.9 Å². The molecule has 6 rings (SSSR count). The fraction of sp³-hybridized carbons (Fsp3) is 0.500. The van der Waals surface area contributed by atoms with E-state index in [1.54, 1.807) is 6.92 Å². The Kier molecular flexibility index (Phi) is 15.6. The normalized spacial score (nSPS) is 19.6. The van der Waals surface area contributed by atoms with Crippen molar-refractivity contribution in [2.24, 2.45) is 22.9 Å². The van der Waals surface area contributed by atoms with E-state index >= 15 is 0 Å². The molecule has 0 spiro atoms. The topological polar surface area (TPSA) is 264 Å². The van der Waals surface area contributed by atoms with Gasteiger partial charge in [0.1, 0.15) is 32.8 Å². The molecule has 0 bridgehead atoms. The summed E-state index contributed by atoms with van der Waals surface area (Å²) in [4.78, 5) is 40.5. The molecule has 20 heteroatoms. The molecule has 4 atom stereocenters. The van der Waals surface area contributed by atoms with Crippen molar-refractivity contribution in [1.82, 2.24) is 28.7 Å². The molecule has 2 saturated carbocycles. The summed E-state index contributed by atoms with van der Waals surface area (Å²) in [6.07, 6.45) is 11.3. The van der Waals surface area contributed by atoms with Crippen LogP contribution in [0.4, 0.5) is 37.9 Å². The van der Waals surface area contributed by atoms with Crippen LogP contribution >= 0.6 is 34.7 Å². The van der Waals surface area contributed by atoms with Gasteiger partial charge in [-0.1, -0.05) is 44.7 Å². The molecule has 4 aromatic heterocycles. The molecule has 16 nitrogen and oxygen atoms in total. The Hall–Kier alpha value is -4.30. The predicted octanol–water partition coefficient (Wildman–Crippen LogP) is 5.41. The summed E-state index contributed by atoms with van der Waals surface area (Å²) in [5.74, 6) is 0.284. The first-order chi connectivity index (χ1) is 24.9. The second-order valence-corrected chi connectivity index (χ2v) is 14.0. The quantitative estimate of drug-likeness (QED) is 0.100. The molecule has 2 aliphatic rings. The van der Waals surface area contributed by atoms with E-state index in [-0.39, 0.29) is 42.7 Å². The molecule has 2 amide bonds. The Morgan fingerprint density at radius 1 is 0.846 bits per heavy atom. The zero-order valence-corrected chi connectivity index (χ0v) is 30.7. The minimum atomic E-state index is -1.00. The molecule has 52 heavy (non-hydrogen) atoms. The number of primary amides is 2. The van der Waals surface area contributed by atoms with Crippen LogP contribution in [0.15, 0.2) is 18.5 Å². The number of carbonyl (C=O) groups excluding carboxylic acids is 2. The Morgan fingerprint density at radius 3 is 1.73 bits per heavy atom. The van der Waals surface area contributed by atoms with Crippen LogP contribution in [-0.4, -0.2) is 71.8 Å². The molecule has 0 saturated heterocycles. The van der Waals surface area contributed by atoms with Gasteiger partial charge in [-0.05, 0) is 68.7 Å². The van der Waals surface area contributed by atoms with Crippen molar-refractivity contribution in [3.63, 3.8) is 0 Å². The van der Waals surface area contributed by atoms with Gasteiger partial charge in [0.15, 0.2) is 0 Å². The number of alkyl halides is 1.